The zero-order valence-corrected chi connectivity index (χ0v) is 14.9. The maximum Gasteiger partial charge on any atom is 0.182 e. The SMILES string of the molecule is CC1=CCC(c2cc(F)ccc2F)C(C(C)Nc2ncnc3nc[nH]c23)=N1. The minimum atomic E-state index is -0.465. The topological polar surface area (TPSA) is 78.9 Å². The van der Waals surface area contributed by atoms with E-state index < -0.39 is 11.6 Å². The molecule has 0 bridgehead atoms. The fourth-order valence-corrected chi connectivity index (χ4v) is 3.36. The molecule has 2 atom stereocenters. The minimum Gasteiger partial charge on any atom is -0.360 e. The van der Waals surface area contributed by atoms with Gasteiger partial charge in [-0.05, 0) is 44.0 Å². The van der Waals surface area contributed by atoms with Crippen molar-refractivity contribution >= 4 is 22.7 Å². The van der Waals surface area contributed by atoms with Gasteiger partial charge in [-0.3, -0.25) is 4.99 Å². The Morgan fingerprint density at radius 1 is 1.22 bits per heavy atom. The van der Waals surface area contributed by atoms with Crippen LogP contribution in [0.4, 0.5) is 14.6 Å². The van der Waals surface area contributed by atoms with Gasteiger partial charge >= 0.3 is 0 Å². The normalized spacial score (nSPS) is 18.1. The van der Waals surface area contributed by atoms with Crippen LogP contribution < -0.4 is 5.32 Å². The number of allylic oxidation sites excluding steroid dienone is 2. The molecule has 27 heavy (non-hydrogen) atoms. The number of aliphatic imine (C=N–C) groups is 1. The van der Waals surface area contributed by atoms with Crippen LogP contribution >= 0.6 is 0 Å². The number of H-pyrrole nitrogens is 1. The molecule has 1 aliphatic heterocycles. The summed E-state index contributed by atoms with van der Waals surface area (Å²) in [5, 5.41) is 3.30. The lowest BCUT2D eigenvalue weighted by atomic mass is 9.85. The van der Waals surface area contributed by atoms with E-state index >= 15 is 0 Å². The first kappa shape index (κ1) is 17.3. The number of aromatic amines is 1. The number of nitrogens with one attached hydrogen (secondary N) is 2. The number of halogens is 2. The zero-order valence-electron chi connectivity index (χ0n) is 14.9. The first-order valence-corrected chi connectivity index (χ1v) is 8.63. The van der Waals surface area contributed by atoms with Crippen LogP contribution in [-0.2, 0) is 0 Å². The van der Waals surface area contributed by atoms with Gasteiger partial charge in [0.2, 0.25) is 0 Å². The van der Waals surface area contributed by atoms with Gasteiger partial charge in [-0.15, -0.1) is 0 Å². The summed E-state index contributed by atoms with van der Waals surface area (Å²) in [7, 11) is 0. The molecular formula is C19H18F2N6. The molecule has 8 heteroatoms. The summed E-state index contributed by atoms with van der Waals surface area (Å²) in [6.45, 7) is 3.81. The second kappa shape index (κ2) is 6.86. The highest BCUT2D eigenvalue weighted by Gasteiger charge is 2.28. The van der Waals surface area contributed by atoms with Crippen molar-refractivity contribution in [2.45, 2.75) is 32.2 Å². The van der Waals surface area contributed by atoms with E-state index in [1.807, 2.05) is 19.9 Å². The van der Waals surface area contributed by atoms with E-state index in [1.165, 1.54) is 12.4 Å². The number of rotatable bonds is 4. The third-order valence-corrected chi connectivity index (χ3v) is 4.66. The largest absolute Gasteiger partial charge is 0.360 e. The molecule has 0 amide bonds. The van der Waals surface area contributed by atoms with Crippen LogP contribution in [0.5, 0.6) is 0 Å². The third kappa shape index (κ3) is 3.30. The Labute approximate surface area is 154 Å². The van der Waals surface area contributed by atoms with Crippen molar-refractivity contribution in [3.05, 3.63) is 59.8 Å². The summed E-state index contributed by atoms with van der Waals surface area (Å²) in [5.74, 6) is -0.677. The lowest BCUT2D eigenvalue weighted by molar-refractivity contribution is 0.578. The number of anilines is 1. The molecule has 3 aromatic rings. The Bertz CT molecular complexity index is 1060. The minimum absolute atomic E-state index is 0.261. The van der Waals surface area contributed by atoms with E-state index in [2.05, 4.69) is 30.2 Å². The fraction of sp³-hybridized carbons (Fsp3) is 0.263. The van der Waals surface area contributed by atoms with Gasteiger partial charge in [0.25, 0.3) is 0 Å². The first-order valence-electron chi connectivity index (χ1n) is 8.63. The van der Waals surface area contributed by atoms with Gasteiger partial charge in [-0.2, -0.15) is 0 Å². The van der Waals surface area contributed by atoms with E-state index in [9.17, 15) is 8.78 Å². The Morgan fingerprint density at radius 3 is 2.93 bits per heavy atom. The standard InChI is InChI=1S/C19H18F2N6/c1-10-3-5-13(14-7-12(20)4-6-15(14)21)16(26-10)11(2)27-19-17-18(23-8-22-17)24-9-25-19/h3-4,6-9,11,13H,5H2,1-2H3,(H2,22,23,24,25,27). The maximum absolute atomic E-state index is 14.4. The molecule has 2 N–H and O–H groups in total. The highest BCUT2D eigenvalue weighted by atomic mass is 19.1. The van der Waals surface area contributed by atoms with E-state index in [-0.39, 0.29) is 12.0 Å². The summed E-state index contributed by atoms with van der Waals surface area (Å²) in [5.41, 5.74) is 3.11. The Kier molecular flexibility index (Phi) is 4.39. The van der Waals surface area contributed by atoms with E-state index in [1.54, 1.807) is 6.33 Å². The molecule has 138 valence electrons. The number of nitrogens with zero attached hydrogens (tertiary/aromatic N) is 4. The number of hydrogen-bond acceptors (Lipinski definition) is 5. The van der Waals surface area contributed by atoms with Crippen LogP contribution in [0.25, 0.3) is 11.2 Å². The first-order chi connectivity index (χ1) is 13.0. The van der Waals surface area contributed by atoms with Crippen molar-refractivity contribution < 1.29 is 8.78 Å². The molecule has 1 aromatic carbocycles. The maximum atomic E-state index is 14.4. The van der Waals surface area contributed by atoms with Crippen LogP contribution in [0, 0.1) is 11.6 Å². The molecule has 0 saturated heterocycles. The van der Waals surface area contributed by atoms with Crippen molar-refractivity contribution in [3.63, 3.8) is 0 Å². The van der Waals surface area contributed by atoms with E-state index in [0.717, 1.165) is 23.5 Å². The lowest BCUT2D eigenvalue weighted by Crippen LogP contribution is -2.33. The number of aromatic nitrogens is 4. The van der Waals surface area contributed by atoms with E-state index in [4.69, 9.17) is 0 Å². The molecule has 3 heterocycles. The van der Waals surface area contributed by atoms with Crippen molar-refractivity contribution in [2.24, 2.45) is 4.99 Å². The van der Waals surface area contributed by atoms with Crippen LogP contribution in [-0.4, -0.2) is 31.7 Å². The molecule has 6 nitrogen and oxygen atoms in total. The molecule has 2 aromatic heterocycles. The second-order valence-electron chi connectivity index (χ2n) is 6.53. The number of fused-ring (bicyclic) bond motifs is 1. The van der Waals surface area contributed by atoms with Gasteiger partial charge in [0, 0.05) is 17.3 Å². The Morgan fingerprint density at radius 2 is 2.07 bits per heavy atom. The van der Waals surface area contributed by atoms with Gasteiger partial charge in [0.1, 0.15) is 23.5 Å². The van der Waals surface area contributed by atoms with Gasteiger partial charge in [-0.1, -0.05) is 6.08 Å². The van der Waals surface area contributed by atoms with Gasteiger partial charge in [0.15, 0.2) is 11.5 Å². The zero-order chi connectivity index (χ0) is 19.0. The fourth-order valence-electron chi connectivity index (χ4n) is 3.36. The number of hydrogen-bond donors (Lipinski definition) is 2. The molecule has 0 fully saturated rings. The predicted molar refractivity (Wildman–Crippen MR) is 99.7 cm³/mol. The molecule has 0 radical (unpaired) electrons. The smallest absolute Gasteiger partial charge is 0.182 e. The highest BCUT2D eigenvalue weighted by molar-refractivity contribution is 5.99. The second-order valence-corrected chi connectivity index (χ2v) is 6.53. The van der Waals surface area contributed by atoms with Gasteiger partial charge in [-0.25, -0.2) is 23.7 Å². The monoisotopic (exact) mass is 368 g/mol. The van der Waals surface area contributed by atoms with Crippen molar-refractivity contribution in [1.29, 1.82) is 0 Å². The molecule has 0 aliphatic carbocycles. The van der Waals surface area contributed by atoms with Crippen LogP contribution in [0.3, 0.4) is 0 Å². The van der Waals surface area contributed by atoms with Crippen LogP contribution in [0.15, 0.2) is 47.6 Å². The predicted octanol–water partition coefficient (Wildman–Crippen LogP) is 3.96. The summed E-state index contributed by atoms with van der Waals surface area (Å²) in [4.78, 5) is 20.1. The quantitative estimate of drug-likeness (QED) is 0.730. The average Bonchev–Trinajstić information content (AvgIpc) is 3.13. The summed E-state index contributed by atoms with van der Waals surface area (Å²) in [6, 6.07) is 3.26. The van der Waals surface area contributed by atoms with Crippen LogP contribution in [0.2, 0.25) is 0 Å². The molecule has 0 spiro atoms. The average molecular weight is 368 g/mol. The Balaban J connectivity index is 1.69. The van der Waals surface area contributed by atoms with Gasteiger partial charge in [0.05, 0.1) is 12.4 Å². The number of imidazole rings is 1. The third-order valence-electron chi connectivity index (χ3n) is 4.66. The molecule has 4 rings (SSSR count). The van der Waals surface area contributed by atoms with Gasteiger partial charge < -0.3 is 10.3 Å². The van der Waals surface area contributed by atoms with Crippen LogP contribution in [0.1, 0.15) is 31.7 Å². The van der Waals surface area contributed by atoms with Crippen molar-refractivity contribution in [1.82, 2.24) is 19.9 Å². The molecular weight excluding hydrogens is 350 g/mol. The van der Waals surface area contributed by atoms with Crippen molar-refractivity contribution in [2.75, 3.05) is 5.32 Å². The number of benzene rings is 1. The summed E-state index contributed by atoms with van der Waals surface area (Å²) >= 11 is 0. The van der Waals surface area contributed by atoms with Crippen molar-refractivity contribution in [3.8, 4) is 0 Å². The summed E-state index contributed by atoms with van der Waals surface area (Å²) < 4.78 is 28.1. The van der Waals surface area contributed by atoms with E-state index in [0.29, 0.717) is 29.0 Å². The highest BCUT2D eigenvalue weighted by Crippen LogP contribution is 2.32. The molecule has 0 saturated carbocycles. The Hall–Kier alpha value is -3.16. The molecule has 1 aliphatic rings. The lowest BCUT2D eigenvalue weighted by Gasteiger charge is -2.28. The summed E-state index contributed by atoms with van der Waals surface area (Å²) in [6.07, 6.45) is 5.46. The molecule has 2 unspecified atom stereocenters.